The molecule has 2 aromatic rings. The van der Waals surface area contributed by atoms with Gasteiger partial charge in [-0.05, 0) is 42.3 Å². The Morgan fingerprint density at radius 2 is 1.48 bits per heavy atom. The third-order valence-electron chi connectivity index (χ3n) is 6.69. The lowest BCUT2D eigenvalue weighted by molar-refractivity contribution is -0.277. The number of phenols is 1. The Bertz CT molecular complexity index is 928. The zero-order valence-corrected chi connectivity index (χ0v) is 18.4. The van der Waals surface area contributed by atoms with Crippen LogP contribution in [-0.2, 0) is 9.47 Å². The molecule has 4 rings (SSSR count). The number of hydrogen-bond acceptors (Lipinski definition) is 9. The van der Waals surface area contributed by atoms with E-state index < -0.39 is 55.1 Å². The van der Waals surface area contributed by atoms with Crippen molar-refractivity contribution >= 4 is 0 Å². The molecule has 2 aliphatic heterocycles. The van der Waals surface area contributed by atoms with Crippen molar-refractivity contribution in [2.75, 3.05) is 6.61 Å². The molecule has 2 heterocycles. The van der Waals surface area contributed by atoms with Gasteiger partial charge in [-0.2, -0.15) is 0 Å². The maximum atomic E-state index is 11.2. The van der Waals surface area contributed by atoms with E-state index in [1.165, 1.54) is 0 Å². The van der Waals surface area contributed by atoms with E-state index in [1.807, 2.05) is 6.92 Å². The Morgan fingerprint density at radius 3 is 2.09 bits per heavy atom. The monoisotopic (exact) mass is 462 g/mol. The summed E-state index contributed by atoms with van der Waals surface area (Å²) in [7, 11) is 0. The standard InChI is InChI=1S/C24H30O9/c1-12-21(33-22(24(12,2)30)14-3-7-15(26)8-4-14)13-5-9-16(10-6-13)31-23-20(29)19(28)18(27)17(11-25)32-23/h3-10,12,17-23,25-30H,11H2,1-2H3/t12-,17+,18+,19-,20+,21-,22+,23-,24-/m0/s1. The smallest absolute Gasteiger partial charge is 0.229 e. The third-order valence-corrected chi connectivity index (χ3v) is 6.69. The normalized spacial score (nSPS) is 38.9. The molecule has 9 heteroatoms. The molecule has 0 aliphatic carbocycles. The second kappa shape index (κ2) is 9.19. The van der Waals surface area contributed by atoms with E-state index in [0.29, 0.717) is 5.75 Å². The fourth-order valence-corrected chi connectivity index (χ4v) is 4.41. The highest BCUT2D eigenvalue weighted by Gasteiger charge is 2.51. The molecule has 0 saturated carbocycles. The Labute approximate surface area is 191 Å². The van der Waals surface area contributed by atoms with Crippen molar-refractivity contribution in [3.8, 4) is 11.5 Å². The van der Waals surface area contributed by atoms with Crippen LogP contribution >= 0.6 is 0 Å². The van der Waals surface area contributed by atoms with Crippen LogP contribution in [0.2, 0.25) is 0 Å². The number of aliphatic hydroxyl groups excluding tert-OH is 4. The Hall–Kier alpha value is -2.24. The van der Waals surface area contributed by atoms with E-state index in [1.54, 1.807) is 55.5 Å². The van der Waals surface area contributed by atoms with Crippen molar-refractivity contribution in [3.63, 3.8) is 0 Å². The van der Waals surface area contributed by atoms with Crippen LogP contribution in [0.5, 0.6) is 11.5 Å². The molecule has 9 atom stereocenters. The van der Waals surface area contributed by atoms with E-state index >= 15 is 0 Å². The lowest BCUT2D eigenvalue weighted by Gasteiger charge is -2.39. The molecule has 9 nitrogen and oxygen atoms in total. The lowest BCUT2D eigenvalue weighted by atomic mass is 9.81. The number of ether oxygens (including phenoxy) is 3. The van der Waals surface area contributed by atoms with E-state index in [-0.39, 0.29) is 11.7 Å². The highest BCUT2D eigenvalue weighted by atomic mass is 16.7. The predicted octanol–water partition coefficient (Wildman–Crippen LogP) is 0.771. The van der Waals surface area contributed by atoms with E-state index in [2.05, 4.69) is 0 Å². The molecule has 0 radical (unpaired) electrons. The molecule has 0 spiro atoms. The van der Waals surface area contributed by atoms with E-state index in [4.69, 9.17) is 14.2 Å². The molecule has 2 aliphatic rings. The summed E-state index contributed by atoms with van der Waals surface area (Å²) in [6.07, 6.45) is -7.79. The van der Waals surface area contributed by atoms with Gasteiger partial charge in [-0.15, -0.1) is 0 Å². The van der Waals surface area contributed by atoms with Crippen LogP contribution in [0.3, 0.4) is 0 Å². The van der Waals surface area contributed by atoms with Gasteiger partial charge in [0, 0.05) is 5.92 Å². The van der Waals surface area contributed by atoms with Crippen molar-refractivity contribution in [1.29, 1.82) is 0 Å². The van der Waals surface area contributed by atoms with Crippen LogP contribution in [0.15, 0.2) is 48.5 Å². The van der Waals surface area contributed by atoms with Gasteiger partial charge in [0.2, 0.25) is 6.29 Å². The molecule has 0 bridgehead atoms. The summed E-state index contributed by atoms with van der Waals surface area (Å²) in [5, 5.41) is 60.0. The molecule has 0 amide bonds. The summed E-state index contributed by atoms with van der Waals surface area (Å²) in [5.41, 5.74) is 0.424. The molecule has 2 aromatic carbocycles. The summed E-state index contributed by atoms with van der Waals surface area (Å²) >= 11 is 0. The van der Waals surface area contributed by atoms with Gasteiger partial charge in [0.1, 0.15) is 42.0 Å². The van der Waals surface area contributed by atoms with Crippen LogP contribution in [-0.4, -0.2) is 73.6 Å². The first-order valence-corrected chi connectivity index (χ1v) is 10.9. The van der Waals surface area contributed by atoms with Crippen LogP contribution in [0.25, 0.3) is 0 Å². The first-order chi connectivity index (χ1) is 15.6. The van der Waals surface area contributed by atoms with Gasteiger partial charge >= 0.3 is 0 Å². The minimum atomic E-state index is -1.52. The first kappa shape index (κ1) is 23.9. The molecule has 0 aromatic heterocycles. The molecule has 6 N–H and O–H groups in total. The minimum Gasteiger partial charge on any atom is -0.508 e. The third kappa shape index (κ3) is 4.45. The number of hydrogen-bond donors (Lipinski definition) is 6. The summed E-state index contributed by atoms with van der Waals surface area (Å²) < 4.78 is 17.2. The van der Waals surface area contributed by atoms with Gasteiger partial charge in [0.15, 0.2) is 0 Å². The molecule has 2 saturated heterocycles. The SMILES string of the molecule is C[C@H]1[C@@H](c2ccc(O[C@H]3O[C@H](CO)[C@@H](O)[C@H](O)[C@H]3O)cc2)O[C@H](c2ccc(O)cc2)[C@@]1(C)O. The fourth-order valence-electron chi connectivity index (χ4n) is 4.41. The number of phenolic OH excluding ortho intramolecular Hbond substituents is 1. The summed E-state index contributed by atoms with van der Waals surface area (Å²) in [5.74, 6) is 0.236. The zero-order chi connectivity index (χ0) is 23.9. The van der Waals surface area contributed by atoms with E-state index in [0.717, 1.165) is 11.1 Å². The minimum absolute atomic E-state index is 0.135. The molecule has 0 unspecified atom stereocenters. The van der Waals surface area contributed by atoms with Gasteiger partial charge in [0.05, 0.1) is 18.3 Å². The molecule has 180 valence electrons. The van der Waals surface area contributed by atoms with Crippen molar-refractivity contribution in [1.82, 2.24) is 0 Å². The largest absolute Gasteiger partial charge is 0.508 e. The quantitative estimate of drug-likeness (QED) is 0.379. The van der Waals surface area contributed by atoms with Gasteiger partial charge in [-0.1, -0.05) is 31.2 Å². The van der Waals surface area contributed by atoms with Gasteiger partial charge in [-0.3, -0.25) is 0 Å². The van der Waals surface area contributed by atoms with Gasteiger partial charge in [0.25, 0.3) is 0 Å². The molecular formula is C24H30O9. The number of benzene rings is 2. The molecular weight excluding hydrogens is 432 g/mol. The van der Waals surface area contributed by atoms with E-state index in [9.17, 15) is 30.6 Å². The molecule has 2 fully saturated rings. The average Bonchev–Trinajstić information content (AvgIpc) is 3.04. The van der Waals surface area contributed by atoms with Crippen molar-refractivity contribution < 1.29 is 44.8 Å². The van der Waals surface area contributed by atoms with Crippen molar-refractivity contribution in [3.05, 3.63) is 59.7 Å². The number of rotatable bonds is 5. The lowest BCUT2D eigenvalue weighted by Crippen LogP contribution is -2.60. The van der Waals surface area contributed by atoms with Crippen LogP contribution in [0.1, 0.15) is 37.2 Å². The second-order valence-electron chi connectivity index (χ2n) is 8.93. The maximum Gasteiger partial charge on any atom is 0.229 e. The van der Waals surface area contributed by atoms with Gasteiger partial charge in [-0.25, -0.2) is 0 Å². The summed E-state index contributed by atoms with van der Waals surface area (Å²) in [6, 6.07) is 13.4. The highest BCUT2D eigenvalue weighted by Crippen LogP contribution is 2.51. The Morgan fingerprint density at radius 1 is 0.879 bits per heavy atom. The van der Waals surface area contributed by atoms with Crippen molar-refractivity contribution in [2.45, 2.75) is 62.4 Å². The van der Waals surface area contributed by atoms with Crippen molar-refractivity contribution in [2.24, 2.45) is 5.92 Å². The second-order valence-corrected chi connectivity index (χ2v) is 8.93. The Kier molecular flexibility index (Phi) is 6.66. The van der Waals surface area contributed by atoms with Crippen LogP contribution < -0.4 is 4.74 Å². The zero-order valence-electron chi connectivity index (χ0n) is 18.4. The maximum absolute atomic E-state index is 11.2. The van der Waals surface area contributed by atoms with Crippen LogP contribution in [0, 0.1) is 5.92 Å². The Balaban J connectivity index is 1.48. The average molecular weight is 462 g/mol. The number of aliphatic hydroxyl groups is 5. The molecule has 33 heavy (non-hydrogen) atoms. The predicted molar refractivity (Wildman–Crippen MR) is 115 cm³/mol. The van der Waals surface area contributed by atoms with Gasteiger partial charge < -0.3 is 44.8 Å². The highest BCUT2D eigenvalue weighted by molar-refractivity contribution is 5.33. The topological polar surface area (TPSA) is 149 Å². The fraction of sp³-hybridized carbons (Fsp3) is 0.500. The summed E-state index contributed by atoms with van der Waals surface area (Å²) in [6.45, 7) is 3.10. The van der Waals surface area contributed by atoms with Crippen LogP contribution in [0.4, 0.5) is 0 Å². The first-order valence-electron chi connectivity index (χ1n) is 10.9. The summed E-state index contributed by atoms with van der Waals surface area (Å²) in [4.78, 5) is 0. The number of aromatic hydroxyl groups is 1.